The van der Waals surface area contributed by atoms with Crippen LogP contribution >= 0.6 is 11.6 Å². The van der Waals surface area contributed by atoms with E-state index in [1.165, 1.54) is 12.1 Å². The largest absolute Gasteiger partial charge is 0.573 e. The number of alkyl halides is 3. The van der Waals surface area contributed by atoms with Crippen LogP contribution in [0.15, 0.2) is 30.3 Å². The molecule has 0 bridgehead atoms. The average Bonchev–Trinajstić information content (AvgIpc) is 2.93. The van der Waals surface area contributed by atoms with Crippen molar-refractivity contribution in [3.8, 4) is 16.9 Å². The van der Waals surface area contributed by atoms with Crippen LogP contribution in [0.4, 0.5) is 24.5 Å². The van der Waals surface area contributed by atoms with Crippen molar-refractivity contribution in [2.75, 3.05) is 17.3 Å². The first-order chi connectivity index (χ1) is 10.9. The molecule has 122 valence electrons. The summed E-state index contributed by atoms with van der Waals surface area (Å²) in [5.74, 6) is -0.307. The molecule has 0 aliphatic carbocycles. The molecule has 1 aliphatic rings. The van der Waals surface area contributed by atoms with Crippen LogP contribution in [0.3, 0.4) is 0 Å². The maximum Gasteiger partial charge on any atom is 0.573 e. The molecule has 0 saturated carbocycles. The lowest BCUT2D eigenvalue weighted by molar-refractivity contribution is -0.274. The second kappa shape index (κ2) is 5.85. The van der Waals surface area contributed by atoms with Gasteiger partial charge in [-0.05, 0) is 41.8 Å². The quantitative estimate of drug-likeness (QED) is 0.798. The SMILES string of the molecule is CCc1cc(-c2c(Cl)cccc2OC(F)(F)F)cc2c1NCN2. The highest BCUT2D eigenvalue weighted by molar-refractivity contribution is 6.33. The summed E-state index contributed by atoms with van der Waals surface area (Å²) in [7, 11) is 0. The molecule has 0 spiro atoms. The van der Waals surface area contributed by atoms with Crippen molar-refractivity contribution in [2.24, 2.45) is 0 Å². The first-order valence-electron chi connectivity index (χ1n) is 7.08. The average molecular weight is 343 g/mol. The molecule has 0 aromatic heterocycles. The fourth-order valence-corrected chi connectivity index (χ4v) is 2.97. The highest BCUT2D eigenvalue weighted by Gasteiger charge is 2.33. The van der Waals surface area contributed by atoms with E-state index in [9.17, 15) is 13.2 Å². The number of nitrogens with one attached hydrogen (secondary N) is 2. The predicted octanol–water partition coefficient (Wildman–Crippen LogP) is 5.26. The molecule has 0 fully saturated rings. The summed E-state index contributed by atoms with van der Waals surface area (Å²) in [6.45, 7) is 2.57. The van der Waals surface area contributed by atoms with Gasteiger partial charge in [-0.15, -0.1) is 13.2 Å². The summed E-state index contributed by atoms with van der Waals surface area (Å²) in [6.07, 6.45) is -4.03. The number of hydrogen-bond acceptors (Lipinski definition) is 3. The Morgan fingerprint density at radius 2 is 2.00 bits per heavy atom. The third-order valence-electron chi connectivity index (χ3n) is 3.63. The van der Waals surface area contributed by atoms with E-state index < -0.39 is 6.36 Å². The molecule has 23 heavy (non-hydrogen) atoms. The summed E-state index contributed by atoms with van der Waals surface area (Å²) in [5, 5.41) is 6.57. The first-order valence-corrected chi connectivity index (χ1v) is 7.46. The molecule has 1 aliphatic heterocycles. The van der Waals surface area contributed by atoms with Crippen molar-refractivity contribution >= 4 is 23.0 Å². The van der Waals surface area contributed by atoms with Gasteiger partial charge in [0, 0.05) is 5.56 Å². The summed E-state index contributed by atoms with van der Waals surface area (Å²) >= 11 is 6.16. The van der Waals surface area contributed by atoms with Gasteiger partial charge in [0.1, 0.15) is 5.75 Å². The van der Waals surface area contributed by atoms with Crippen LogP contribution in [0.2, 0.25) is 5.02 Å². The Morgan fingerprint density at radius 3 is 2.70 bits per heavy atom. The zero-order valence-electron chi connectivity index (χ0n) is 12.2. The molecule has 2 aromatic rings. The van der Waals surface area contributed by atoms with Crippen LogP contribution in [0.1, 0.15) is 12.5 Å². The lowest BCUT2D eigenvalue weighted by Gasteiger charge is -2.16. The number of hydrogen-bond donors (Lipinski definition) is 2. The number of aryl methyl sites for hydroxylation is 1. The Labute approximate surface area is 136 Å². The molecule has 2 aromatic carbocycles. The number of rotatable bonds is 3. The summed E-state index contributed by atoms with van der Waals surface area (Å²) in [5.41, 5.74) is 3.64. The Bertz CT molecular complexity index is 747. The van der Waals surface area contributed by atoms with E-state index in [-0.39, 0.29) is 16.3 Å². The van der Waals surface area contributed by atoms with Crippen LogP contribution in [-0.4, -0.2) is 13.0 Å². The minimum absolute atomic E-state index is 0.208. The van der Waals surface area contributed by atoms with Crippen LogP contribution < -0.4 is 15.4 Å². The topological polar surface area (TPSA) is 33.3 Å². The van der Waals surface area contributed by atoms with Gasteiger partial charge in [-0.1, -0.05) is 24.6 Å². The molecule has 0 amide bonds. The van der Waals surface area contributed by atoms with E-state index in [2.05, 4.69) is 15.4 Å². The lowest BCUT2D eigenvalue weighted by atomic mass is 9.98. The second-order valence-electron chi connectivity index (χ2n) is 5.10. The monoisotopic (exact) mass is 342 g/mol. The van der Waals surface area contributed by atoms with Crippen molar-refractivity contribution in [2.45, 2.75) is 19.7 Å². The summed E-state index contributed by atoms with van der Waals surface area (Å²) in [4.78, 5) is 0. The third kappa shape index (κ3) is 3.17. The van der Waals surface area contributed by atoms with Gasteiger partial charge in [-0.2, -0.15) is 0 Å². The minimum Gasteiger partial charge on any atom is -0.405 e. The number of anilines is 2. The molecule has 0 saturated heterocycles. The Kier molecular flexibility index (Phi) is 4.02. The van der Waals surface area contributed by atoms with E-state index >= 15 is 0 Å². The zero-order chi connectivity index (χ0) is 16.6. The van der Waals surface area contributed by atoms with E-state index in [4.69, 9.17) is 11.6 Å². The van der Waals surface area contributed by atoms with Crippen molar-refractivity contribution in [1.82, 2.24) is 0 Å². The zero-order valence-corrected chi connectivity index (χ0v) is 13.0. The molecule has 3 nitrogen and oxygen atoms in total. The van der Waals surface area contributed by atoms with Crippen LogP contribution in [0.5, 0.6) is 5.75 Å². The number of fused-ring (bicyclic) bond motifs is 1. The molecular formula is C16H14ClF3N2O. The molecule has 7 heteroatoms. The van der Waals surface area contributed by atoms with E-state index in [1.54, 1.807) is 12.1 Å². The van der Waals surface area contributed by atoms with Gasteiger partial charge in [-0.3, -0.25) is 0 Å². The Hall–Kier alpha value is -2.08. The highest BCUT2D eigenvalue weighted by atomic mass is 35.5. The number of benzene rings is 2. The molecule has 1 heterocycles. The van der Waals surface area contributed by atoms with Gasteiger partial charge in [0.15, 0.2) is 0 Å². The molecule has 0 radical (unpaired) electrons. The van der Waals surface area contributed by atoms with Gasteiger partial charge >= 0.3 is 6.36 Å². The van der Waals surface area contributed by atoms with Crippen LogP contribution in [0, 0.1) is 0 Å². The predicted molar refractivity (Wildman–Crippen MR) is 85.1 cm³/mol. The first kappa shape index (κ1) is 15.8. The van der Waals surface area contributed by atoms with E-state index in [0.29, 0.717) is 12.2 Å². The fraction of sp³-hybridized carbons (Fsp3) is 0.250. The maximum absolute atomic E-state index is 12.6. The smallest absolute Gasteiger partial charge is 0.405 e. The van der Waals surface area contributed by atoms with Crippen molar-refractivity contribution in [3.63, 3.8) is 0 Å². The van der Waals surface area contributed by atoms with Crippen LogP contribution in [-0.2, 0) is 6.42 Å². The fourth-order valence-electron chi connectivity index (χ4n) is 2.70. The summed E-state index contributed by atoms with van der Waals surface area (Å²) < 4.78 is 42.1. The third-order valence-corrected chi connectivity index (χ3v) is 3.95. The van der Waals surface area contributed by atoms with Crippen LogP contribution in [0.25, 0.3) is 11.1 Å². The summed E-state index contributed by atoms with van der Waals surface area (Å²) in [6, 6.07) is 7.85. The van der Waals surface area contributed by atoms with Crippen molar-refractivity contribution in [1.29, 1.82) is 0 Å². The molecule has 3 rings (SSSR count). The minimum atomic E-state index is -4.77. The van der Waals surface area contributed by atoms with E-state index in [0.717, 1.165) is 23.4 Å². The second-order valence-corrected chi connectivity index (χ2v) is 5.51. The Balaban J connectivity index is 2.15. The lowest BCUT2D eigenvalue weighted by Crippen LogP contribution is -2.17. The Morgan fingerprint density at radius 1 is 1.22 bits per heavy atom. The van der Waals surface area contributed by atoms with Crippen molar-refractivity contribution < 1.29 is 17.9 Å². The van der Waals surface area contributed by atoms with Gasteiger partial charge in [-0.25, -0.2) is 0 Å². The van der Waals surface area contributed by atoms with Gasteiger partial charge < -0.3 is 15.4 Å². The van der Waals surface area contributed by atoms with Gasteiger partial charge in [0.25, 0.3) is 0 Å². The molecular weight excluding hydrogens is 329 g/mol. The van der Waals surface area contributed by atoms with Gasteiger partial charge in [0.05, 0.1) is 23.1 Å². The van der Waals surface area contributed by atoms with Gasteiger partial charge in [0.2, 0.25) is 0 Å². The molecule has 0 atom stereocenters. The van der Waals surface area contributed by atoms with Crippen molar-refractivity contribution in [3.05, 3.63) is 40.9 Å². The maximum atomic E-state index is 12.6. The highest BCUT2D eigenvalue weighted by Crippen LogP contribution is 2.43. The number of ether oxygens (including phenoxy) is 1. The normalized spacial score (nSPS) is 13.3. The van der Waals surface area contributed by atoms with E-state index in [1.807, 2.05) is 13.0 Å². The number of halogens is 4. The molecule has 0 unspecified atom stereocenters. The molecule has 2 N–H and O–H groups in total. The standard InChI is InChI=1S/C16H14ClF3N2O/c1-2-9-6-10(7-12-15(9)22-8-21-12)14-11(17)4-3-5-13(14)23-16(18,19)20/h3-7,21-22H,2,8H2,1H3.